The SMILES string of the molecule is Cc1ccc2nc(COc3ccc(C(=O)NCCCc4ccc(O)cc4)cc3)cn2c1. The number of benzene rings is 2. The molecule has 2 heterocycles. The third kappa shape index (κ3) is 5.42. The zero-order valence-electron chi connectivity index (χ0n) is 17.4. The number of phenolic OH excluding ortho intramolecular Hbond substituents is 1. The lowest BCUT2D eigenvalue weighted by atomic mass is 10.1. The van der Waals surface area contributed by atoms with Gasteiger partial charge in [0.1, 0.15) is 23.8 Å². The highest BCUT2D eigenvalue weighted by Gasteiger charge is 2.07. The Labute approximate surface area is 181 Å². The Bertz CT molecular complexity index is 1170. The number of amides is 1. The molecule has 0 radical (unpaired) electrons. The van der Waals surface area contributed by atoms with E-state index in [0.717, 1.165) is 29.7 Å². The quantitative estimate of drug-likeness (QED) is 0.421. The number of carbonyl (C=O) groups is 1. The van der Waals surface area contributed by atoms with Crippen molar-refractivity contribution < 1.29 is 14.6 Å². The van der Waals surface area contributed by atoms with Gasteiger partial charge in [-0.1, -0.05) is 18.2 Å². The van der Waals surface area contributed by atoms with Crippen molar-refractivity contribution in [1.82, 2.24) is 14.7 Å². The summed E-state index contributed by atoms with van der Waals surface area (Å²) in [6, 6.07) is 18.3. The Hall–Kier alpha value is -3.80. The Morgan fingerprint density at radius 2 is 1.81 bits per heavy atom. The fourth-order valence-electron chi connectivity index (χ4n) is 3.34. The van der Waals surface area contributed by atoms with Gasteiger partial charge in [-0.15, -0.1) is 0 Å². The molecule has 2 N–H and O–H groups in total. The molecule has 0 saturated carbocycles. The van der Waals surface area contributed by atoms with E-state index >= 15 is 0 Å². The van der Waals surface area contributed by atoms with Gasteiger partial charge in [-0.25, -0.2) is 4.98 Å². The lowest BCUT2D eigenvalue weighted by Crippen LogP contribution is -2.24. The van der Waals surface area contributed by atoms with Gasteiger partial charge in [-0.3, -0.25) is 4.79 Å². The number of aromatic hydroxyl groups is 1. The number of nitrogens with zero attached hydrogens (tertiary/aromatic N) is 2. The summed E-state index contributed by atoms with van der Waals surface area (Å²) in [5, 5.41) is 12.2. The van der Waals surface area contributed by atoms with Crippen LogP contribution in [-0.2, 0) is 13.0 Å². The summed E-state index contributed by atoms with van der Waals surface area (Å²) >= 11 is 0. The van der Waals surface area contributed by atoms with Crippen LogP contribution in [-0.4, -0.2) is 26.9 Å². The first-order chi connectivity index (χ1) is 15.1. The number of aryl methyl sites for hydroxylation is 2. The van der Waals surface area contributed by atoms with Crippen LogP contribution in [0.2, 0.25) is 0 Å². The van der Waals surface area contributed by atoms with Crippen molar-refractivity contribution >= 4 is 11.6 Å². The number of nitrogens with one attached hydrogen (secondary N) is 1. The summed E-state index contributed by atoms with van der Waals surface area (Å²) in [4.78, 5) is 16.9. The largest absolute Gasteiger partial charge is 0.508 e. The number of aromatic nitrogens is 2. The van der Waals surface area contributed by atoms with E-state index < -0.39 is 0 Å². The number of carbonyl (C=O) groups excluding carboxylic acids is 1. The van der Waals surface area contributed by atoms with Crippen molar-refractivity contribution in [3.05, 3.63) is 95.4 Å². The van der Waals surface area contributed by atoms with E-state index in [1.165, 1.54) is 5.56 Å². The fourth-order valence-corrected chi connectivity index (χ4v) is 3.34. The third-order valence-corrected chi connectivity index (χ3v) is 5.02. The minimum atomic E-state index is -0.104. The average molecular weight is 415 g/mol. The molecule has 6 nitrogen and oxygen atoms in total. The van der Waals surface area contributed by atoms with Crippen LogP contribution in [0.1, 0.15) is 33.6 Å². The summed E-state index contributed by atoms with van der Waals surface area (Å²) in [6.07, 6.45) is 5.67. The van der Waals surface area contributed by atoms with Crippen LogP contribution in [0.4, 0.5) is 0 Å². The molecule has 0 aliphatic carbocycles. The molecule has 0 atom stereocenters. The van der Waals surface area contributed by atoms with Crippen molar-refractivity contribution in [2.45, 2.75) is 26.4 Å². The summed E-state index contributed by atoms with van der Waals surface area (Å²) in [6.45, 7) is 3.00. The number of rotatable bonds is 8. The van der Waals surface area contributed by atoms with Crippen LogP contribution < -0.4 is 10.1 Å². The molecule has 0 spiro atoms. The standard InChI is InChI=1S/C25H25N3O3/c1-18-4-13-24-27-21(16-28(24)15-18)17-31-23-11-7-20(8-12-23)25(30)26-14-2-3-19-5-9-22(29)10-6-19/h4-13,15-16,29H,2-3,14,17H2,1H3,(H,26,30). The molecule has 0 aliphatic rings. The van der Waals surface area contributed by atoms with Crippen LogP contribution in [0.15, 0.2) is 73.1 Å². The smallest absolute Gasteiger partial charge is 0.251 e. The van der Waals surface area contributed by atoms with Crippen LogP contribution in [0, 0.1) is 6.92 Å². The third-order valence-electron chi connectivity index (χ3n) is 5.02. The maximum atomic E-state index is 12.3. The van der Waals surface area contributed by atoms with Crippen LogP contribution in [0.25, 0.3) is 5.65 Å². The average Bonchev–Trinajstić information content (AvgIpc) is 3.18. The van der Waals surface area contributed by atoms with Gasteiger partial charge in [0.05, 0.1) is 5.69 Å². The second-order valence-electron chi connectivity index (χ2n) is 7.54. The zero-order chi connectivity index (χ0) is 21.6. The predicted octanol–water partition coefficient (Wildman–Crippen LogP) is 4.29. The van der Waals surface area contributed by atoms with Gasteiger partial charge in [0, 0.05) is 24.5 Å². The van der Waals surface area contributed by atoms with Crippen LogP contribution in [0.3, 0.4) is 0 Å². The van der Waals surface area contributed by atoms with Crippen molar-refractivity contribution in [2.75, 3.05) is 6.54 Å². The molecule has 0 saturated heterocycles. The molecule has 0 fully saturated rings. The van der Waals surface area contributed by atoms with Gasteiger partial charge in [0.25, 0.3) is 5.91 Å². The van der Waals surface area contributed by atoms with E-state index in [0.29, 0.717) is 24.5 Å². The minimum Gasteiger partial charge on any atom is -0.508 e. The molecule has 6 heteroatoms. The summed E-state index contributed by atoms with van der Waals surface area (Å²) in [5.74, 6) is 0.850. The summed E-state index contributed by atoms with van der Waals surface area (Å²) < 4.78 is 7.81. The van der Waals surface area contributed by atoms with E-state index in [4.69, 9.17) is 4.74 Å². The van der Waals surface area contributed by atoms with Crippen molar-refractivity contribution in [3.8, 4) is 11.5 Å². The number of hydrogen-bond donors (Lipinski definition) is 2. The van der Waals surface area contributed by atoms with E-state index in [9.17, 15) is 9.90 Å². The summed E-state index contributed by atoms with van der Waals surface area (Å²) in [7, 11) is 0. The Morgan fingerprint density at radius 3 is 2.58 bits per heavy atom. The molecule has 1 amide bonds. The molecule has 0 bridgehead atoms. The van der Waals surface area contributed by atoms with Crippen molar-refractivity contribution in [2.24, 2.45) is 0 Å². The highest BCUT2D eigenvalue weighted by Crippen LogP contribution is 2.15. The molecule has 2 aromatic carbocycles. The molecule has 158 valence electrons. The molecule has 0 unspecified atom stereocenters. The van der Waals surface area contributed by atoms with Crippen LogP contribution in [0.5, 0.6) is 11.5 Å². The molecule has 4 rings (SSSR count). The monoisotopic (exact) mass is 415 g/mol. The van der Waals surface area contributed by atoms with Crippen molar-refractivity contribution in [1.29, 1.82) is 0 Å². The number of phenols is 1. The number of pyridine rings is 1. The highest BCUT2D eigenvalue weighted by atomic mass is 16.5. The lowest BCUT2D eigenvalue weighted by molar-refractivity contribution is 0.0953. The Kier molecular flexibility index (Phi) is 6.17. The highest BCUT2D eigenvalue weighted by molar-refractivity contribution is 5.94. The van der Waals surface area contributed by atoms with Gasteiger partial charge in [-0.2, -0.15) is 0 Å². The van der Waals surface area contributed by atoms with Gasteiger partial charge < -0.3 is 19.6 Å². The minimum absolute atomic E-state index is 0.104. The first-order valence-electron chi connectivity index (χ1n) is 10.3. The Balaban J connectivity index is 1.24. The number of fused-ring (bicyclic) bond motifs is 1. The predicted molar refractivity (Wildman–Crippen MR) is 119 cm³/mol. The number of imidazole rings is 1. The van der Waals surface area contributed by atoms with Crippen LogP contribution >= 0.6 is 0 Å². The molecule has 2 aromatic heterocycles. The first kappa shape index (κ1) is 20.5. The number of ether oxygens (including phenoxy) is 1. The van der Waals surface area contributed by atoms with E-state index in [2.05, 4.69) is 10.3 Å². The second kappa shape index (κ2) is 9.34. The maximum absolute atomic E-state index is 12.3. The molecular formula is C25H25N3O3. The van der Waals surface area contributed by atoms with Gasteiger partial charge >= 0.3 is 0 Å². The van der Waals surface area contributed by atoms with E-state index in [1.54, 1.807) is 36.4 Å². The first-order valence-corrected chi connectivity index (χ1v) is 10.3. The van der Waals surface area contributed by atoms with E-state index in [-0.39, 0.29) is 11.7 Å². The second-order valence-corrected chi connectivity index (χ2v) is 7.54. The zero-order valence-corrected chi connectivity index (χ0v) is 17.4. The summed E-state index contributed by atoms with van der Waals surface area (Å²) in [5.41, 5.74) is 4.64. The normalized spacial score (nSPS) is 10.9. The molecular weight excluding hydrogens is 390 g/mol. The van der Waals surface area contributed by atoms with E-state index in [1.807, 2.05) is 48.0 Å². The molecule has 31 heavy (non-hydrogen) atoms. The van der Waals surface area contributed by atoms with Crippen molar-refractivity contribution in [3.63, 3.8) is 0 Å². The topological polar surface area (TPSA) is 75.9 Å². The lowest BCUT2D eigenvalue weighted by Gasteiger charge is -2.07. The number of hydrogen-bond acceptors (Lipinski definition) is 4. The fraction of sp³-hybridized carbons (Fsp3) is 0.200. The van der Waals surface area contributed by atoms with Gasteiger partial charge in [0.15, 0.2) is 0 Å². The maximum Gasteiger partial charge on any atom is 0.251 e. The Morgan fingerprint density at radius 1 is 1.03 bits per heavy atom. The van der Waals surface area contributed by atoms with Gasteiger partial charge in [-0.05, 0) is 73.4 Å². The van der Waals surface area contributed by atoms with Gasteiger partial charge in [0.2, 0.25) is 0 Å². The molecule has 0 aliphatic heterocycles. The molecule has 4 aromatic rings.